The quantitative estimate of drug-likeness (QED) is 0.483. The van der Waals surface area contributed by atoms with Crippen molar-refractivity contribution in [2.24, 2.45) is 0 Å². The minimum absolute atomic E-state index is 0.164. The van der Waals surface area contributed by atoms with Crippen LogP contribution in [0.25, 0.3) is 0 Å². The molecule has 1 aliphatic carbocycles. The van der Waals surface area contributed by atoms with Crippen molar-refractivity contribution < 1.29 is 22.7 Å². The number of hydrogen-bond donors (Lipinski definition) is 2. The van der Waals surface area contributed by atoms with E-state index < -0.39 is 10.0 Å². The Morgan fingerprint density at radius 3 is 2.21 bits per heavy atom. The molecule has 172 valence electrons. The van der Waals surface area contributed by atoms with Crippen molar-refractivity contribution in [1.29, 1.82) is 0 Å². The predicted molar refractivity (Wildman–Crippen MR) is 128 cm³/mol. The molecule has 33 heavy (non-hydrogen) atoms. The van der Waals surface area contributed by atoms with Crippen LogP contribution in [0, 0.1) is 0 Å². The van der Waals surface area contributed by atoms with Gasteiger partial charge in [-0.15, -0.1) is 0 Å². The third kappa shape index (κ3) is 5.64. The van der Waals surface area contributed by atoms with Crippen molar-refractivity contribution >= 4 is 27.3 Å². The number of methoxy groups -OCH3 is 1. The molecule has 8 heteroatoms. The fourth-order valence-corrected chi connectivity index (χ4v) is 4.82. The van der Waals surface area contributed by atoms with E-state index in [1.54, 1.807) is 67.8 Å². The maximum Gasteiger partial charge on any atom is 0.261 e. The van der Waals surface area contributed by atoms with Gasteiger partial charge in [0.05, 0.1) is 18.1 Å². The van der Waals surface area contributed by atoms with Crippen molar-refractivity contribution in [3.63, 3.8) is 0 Å². The van der Waals surface area contributed by atoms with E-state index in [2.05, 4.69) is 10.0 Å². The van der Waals surface area contributed by atoms with Crippen LogP contribution in [0.2, 0.25) is 0 Å². The van der Waals surface area contributed by atoms with Crippen LogP contribution in [-0.4, -0.2) is 27.5 Å². The number of ether oxygens (including phenoxy) is 2. The van der Waals surface area contributed by atoms with Gasteiger partial charge in [0.15, 0.2) is 11.5 Å². The molecule has 0 saturated heterocycles. The molecular weight excluding hydrogens is 440 g/mol. The normalized spacial score (nSPS) is 14.0. The number of nitrogens with one attached hydrogen (secondary N) is 2. The maximum atomic E-state index is 12.7. The van der Waals surface area contributed by atoms with Crippen molar-refractivity contribution in [3.05, 3.63) is 78.4 Å². The van der Waals surface area contributed by atoms with Crippen LogP contribution in [-0.2, 0) is 10.0 Å². The zero-order valence-corrected chi connectivity index (χ0v) is 19.1. The highest BCUT2D eigenvalue weighted by atomic mass is 32.2. The standard InChI is InChI=1S/C25H26N2O5S/c1-31-23-16-15-20(17-24(23)32-21-7-5-6-8-21)26-25(28)18-11-13-19(14-12-18)27-33(29,30)22-9-3-2-4-10-22/h2-4,9-17,21,27H,5-8H2,1H3,(H,26,28). The van der Waals surface area contributed by atoms with E-state index in [4.69, 9.17) is 9.47 Å². The smallest absolute Gasteiger partial charge is 0.261 e. The molecule has 0 radical (unpaired) electrons. The Bertz CT molecular complexity index is 1210. The second-order valence-electron chi connectivity index (χ2n) is 7.84. The Labute approximate surface area is 193 Å². The van der Waals surface area contributed by atoms with E-state index in [1.165, 1.54) is 12.1 Å². The Hall–Kier alpha value is -3.52. The average Bonchev–Trinajstić information content (AvgIpc) is 3.33. The third-order valence-corrected chi connectivity index (χ3v) is 6.87. The first kappa shape index (κ1) is 22.7. The van der Waals surface area contributed by atoms with Gasteiger partial charge in [0, 0.05) is 23.0 Å². The van der Waals surface area contributed by atoms with Gasteiger partial charge in [0.2, 0.25) is 0 Å². The lowest BCUT2D eigenvalue weighted by atomic mass is 10.2. The van der Waals surface area contributed by atoms with E-state index in [0.29, 0.717) is 28.4 Å². The molecule has 0 unspecified atom stereocenters. The number of amides is 1. The summed E-state index contributed by atoms with van der Waals surface area (Å²) in [6, 6.07) is 19.6. The van der Waals surface area contributed by atoms with E-state index in [1.807, 2.05) is 0 Å². The Morgan fingerprint density at radius 2 is 1.55 bits per heavy atom. The number of sulfonamides is 1. The summed E-state index contributed by atoms with van der Waals surface area (Å²) in [4.78, 5) is 12.9. The number of carbonyl (C=O) groups is 1. The summed E-state index contributed by atoms with van der Waals surface area (Å²) in [6.07, 6.45) is 4.50. The van der Waals surface area contributed by atoms with Gasteiger partial charge < -0.3 is 14.8 Å². The fourth-order valence-electron chi connectivity index (χ4n) is 3.74. The summed E-state index contributed by atoms with van der Waals surface area (Å²) in [5.41, 5.74) is 1.35. The van der Waals surface area contributed by atoms with Gasteiger partial charge in [0.25, 0.3) is 15.9 Å². The summed E-state index contributed by atoms with van der Waals surface area (Å²) in [7, 11) is -2.11. The van der Waals surface area contributed by atoms with Crippen LogP contribution >= 0.6 is 0 Å². The van der Waals surface area contributed by atoms with E-state index in [9.17, 15) is 13.2 Å². The molecule has 4 rings (SSSR count). The van der Waals surface area contributed by atoms with Gasteiger partial charge >= 0.3 is 0 Å². The van der Waals surface area contributed by atoms with Crippen LogP contribution in [0.1, 0.15) is 36.0 Å². The highest BCUT2D eigenvalue weighted by Crippen LogP contribution is 2.34. The summed E-state index contributed by atoms with van der Waals surface area (Å²) in [5.74, 6) is 0.910. The van der Waals surface area contributed by atoms with E-state index in [0.717, 1.165) is 25.7 Å². The molecule has 0 atom stereocenters. The molecule has 1 fully saturated rings. The summed E-state index contributed by atoms with van der Waals surface area (Å²) >= 11 is 0. The Kier molecular flexibility index (Phi) is 6.84. The number of anilines is 2. The van der Waals surface area contributed by atoms with Crippen molar-refractivity contribution in [1.82, 2.24) is 0 Å². The van der Waals surface area contributed by atoms with Crippen LogP contribution < -0.4 is 19.5 Å². The number of benzene rings is 3. The van der Waals surface area contributed by atoms with Gasteiger partial charge in [-0.25, -0.2) is 8.42 Å². The first-order chi connectivity index (χ1) is 15.9. The second kappa shape index (κ2) is 9.95. The largest absolute Gasteiger partial charge is 0.493 e. The molecule has 7 nitrogen and oxygen atoms in total. The molecule has 1 amide bonds. The highest BCUT2D eigenvalue weighted by Gasteiger charge is 2.19. The third-order valence-electron chi connectivity index (χ3n) is 5.47. The van der Waals surface area contributed by atoms with Gasteiger partial charge in [-0.2, -0.15) is 0 Å². The highest BCUT2D eigenvalue weighted by molar-refractivity contribution is 7.92. The molecule has 3 aromatic carbocycles. The summed E-state index contributed by atoms with van der Waals surface area (Å²) < 4.78 is 38.9. The SMILES string of the molecule is COc1ccc(NC(=O)c2ccc(NS(=O)(=O)c3ccccc3)cc2)cc1OC1CCCC1. The molecule has 0 bridgehead atoms. The zero-order chi connectivity index (χ0) is 23.3. The second-order valence-corrected chi connectivity index (χ2v) is 9.52. The molecule has 2 N–H and O–H groups in total. The predicted octanol–water partition coefficient (Wildman–Crippen LogP) is 5.07. The van der Waals surface area contributed by atoms with Crippen molar-refractivity contribution in [3.8, 4) is 11.5 Å². The average molecular weight is 467 g/mol. The molecule has 0 spiro atoms. The molecule has 0 heterocycles. The fraction of sp³-hybridized carbons (Fsp3) is 0.240. The zero-order valence-electron chi connectivity index (χ0n) is 18.3. The lowest BCUT2D eigenvalue weighted by Crippen LogP contribution is -2.15. The van der Waals surface area contributed by atoms with Crippen LogP contribution in [0.4, 0.5) is 11.4 Å². The number of carbonyl (C=O) groups excluding carboxylic acids is 1. The lowest BCUT2D eigenvalue weighted by Gasteiger charge is -2.17. The maximum absolute atomic E-state index is 12.7. The lowest BCUT2D eigenvalue weighted by molar-refractivity contribution is 0.102. The van der Waals surface area contributed by atoms with Crippen molar-refractivity contribution in [2.45, 2.75) is 36.7 Å². The van der Waals surface area contributed by atoms with Crippen LogP contribution in [0.15, 0.2) is 77.7 Å². The molecule has 0 aromatic heterocycles. The molecule has 1 aliphatic rings. The first-order valence-corrected chi connectivity index (χ1v) is 12.3. The van der Waals surface area contributed by atoms with E-state index >= 15 is 0 Å². The topological polar surface area (TPSA) is 93.7 Å². The Balaban J connectivity index is 1.43. The van der Waals surface area contributed by atoms with Gasteiger partial charge in [-0.1, -0.05) is 18.2 Å². The van der Waals surface area contributed by atoms with Gasteiger partial charge in [-0.05, 0) is 74.2 Å². The van der Waals surface area contributed by atoms with Crippen LogP contribution in [0.5, 0.6) is 11.5 Å². The van der Waals surface area contributed by atoms with Gasteiger partial charge in [0.1, 0.15) is 0 Å². The molecule has 1 saturated carbocycles. The number of rotatable bonds is 8. The Morgan fingerprint density at radius 1 is 0.879 bits per heavy atom. The minimum Gasteiger partial charge on any atom is -0.493 e. The molecule has 0 aliphatic heterocycles. The monoisotopic (exact) mass is 466 g/mol. The van der Waals surface area contributed by atoms with Gasteiger partial charge in [-0.3, -0.25) is 9.52 Å². The van der Waals surface area contributed by atoms with Crippen molar-refractivity contribution in [2.75, 3.05) is 17.1 Å². The minimum atomic E-state index is -3.69. The molecular formula is C25H26N2O5S. The number of hydrogen-bond acceptors (Lipinski definition) is 5. The molecule has 3 aromatic rings. The first-order valence-electron chi connectivity index (χ1n) is 10.8. The van der Waals surface area contributed by atoms with Crippen LogP contribution in [0.3, 0.4) is 0 Å². The summed E-state index contributed by atoms with van der Waals surface area (Å²) in [6.45, 7) is 0. The summed E-state index contributed by atoms with van der Waals surface area (Å²) in [5, 5.41) is 2.86. The van der Waals surface area contributed by atoms with E-state index in [-0.39, 0.29) is 16.9 Å².